The molecule has 2 nitrogen and oxygen atoms in total. The van der Waals surface area contributed by atoms with E-state index in [9.17, 15) is 0 Å². The number of hydrogen-bond donors (Lipinski definition) is 0. The molecule has 0 aliphatic heterocycles. The maximum absolute atomic E-state index is 4.00. The van der Waals surface area contributed by atoms with E-state index < -0.39 is 0 Å². The third-order valence-corrected chi connectivity index (χ3v) is 1.30. The first-order valence-electron chi connectivity index (χ1n) is 3.13. The fraction of sp³-hybridized carbons (Fsp3) is 0.429. The van der Waals surface area contributed by atoms with Crippen LogP contribution in [0.4, 0.5) is 0 Å². The molecule has 1 aromatic heterocycles. The molecule has 0 bridgehead atoms. The second-order valence-electron chi connectivity index (χ2n) is 2.06. The van der Waals surface area contributed by atoms with Gasteiger partial charge in [0, 0.05) is 5.56 Å². The van der Waals surface area contributed by atoms with Crippen LogP contribution in [0.3, 0.4) is 0 Å². The van der Waals surface area contributed by atoms with Gasteiger partial charge in [0.15, 0.2) is 13.2 Å². The average molecular weight is 123 g/mol. The topological polar surface area (TPSA) is 16.8 Å². The summed E-state index contributed by atoms with van der Waals surface area (Å²) in [6, 6.07) is 2.03. The lowest BCUT2D eigenvalue weighted by Gasteiger charge is -1.88. The number of aromatic nitrogens is 2. The summed E-state index contributed by atoms with van der Waals surface area (Å²) in [6.45, 7) is 2.13. The standard InChI is InChI=1S/C7H11N2/c1-3-7-4-5-8-9(2)6-7/h4-6H,3H2,1-2H3/q+1. The quantitative estimate of drug-likeness (QED) is 0.496. The summed E-state index contributed by atoms with van der Waals surface area (Å²) in [5, 5.41) is 4.00. The van der Waals surface area contributed by atoms with Crippen molar-refractivity contribution in [3.63, 3.8) is 0 Å². The van der Waals surface area contributed by atoms with Crippen LogP contribution in [0.2, 0.25) is 0 Å². The highest BCUT2D eigenvalue weighted by molar-refractivity contribution is 5.01. The van der Waals surface area contributed by atoms with Gasteiger partial charge in [0.1, 0.15) is 0 Å². The summed E-state index contributed by atoms with van der Waals surface area (Å²) < 4.78 is 1.82. The number of aryl methyl sites for hydroxylation is 2. The van der Waals surface area contributed by atoms with Crippen LogP contribution in [0.1, 0.15) is 12.5 Å². The van der Waals surface area contributed by atoms with E-state index in [0.29, 0.717) is 0 Å². The van der Waals surface area contributed by atoms with E-state index in [-0.39, 0.29) is 0 Å². The van der Waals surface area contributed by atoms with Gasteiger partial charge < -0.3 is 0 Å². The fourth-order valence-corrected chi connectivity index (χ4v) is 0.760. The minimum Gasteiger partial charge on any atom is -0.0938 e. The maximum atomic E-state index is 4.00. The molecule has 9 heavy (non-hydrogen) atoms. The van der Waals surface area contributed by atoms with Gasteiger partial charge in [-0.1, -0.05) is 11.6 Å². The van der Waals surface area contributed by atoms with Crippen LogP contribution in [-0.4, -0.2) is 5.10 Å². The van der Waals surface area contributed by atoms with E-state index in [1.54, 1.807) is 0 Å². The van der Waals surface area contributed by atoms with Gasteiger partial charge in [-0.15, -0.1) is 0 Å². The predicted molar refractivity (Wildman–Crippen MR) is 34.8 cm³/mol. The van der Waals surface area contributed by atoms with Gasteiger partial charge in [0.05, 0.1) is 6.20 Å². The summed E-state index contributed by atoms with van der Waals surface area (Å²) in [5.74, 6) is 0. The molecule has 0 spiro atoms. The molecule has 0 amide bonds. The number of nitrogens with zero attached hydrogens (tertiary/aromatic N) is 2. The normalized spacial score (nSPS) is 9.56. The maximum Gasteiger partial charge on any atom is 0.199 e. The monoisotopic (exact) mass is 123 g/mol. The van der Waals surface area contributed by atoms with Crippen molar-refractivity contribution in [2.75, 3.05) is 0 Å². The molecule has 0 saturated carbocycles. The van der Waals surface area contributed by atoms with Gasteiger partial charge in [0.2, 0.25) is 0 Å². The summed E-state index contributed by atoms with van der Waals surface area (Å²) in [4.78, 5) is 0. The van der Waals surface area contributed by atoms with Crippen molar-refractivity contribution in [3.8, 4) is 0 Å². The molecule has 1 rings (SSSR count). The molecule has 1 aromatic rings. The molecule has 48 valence electrons. The Hall–Kier alpha value is -0.920. The van der Waals surface area contributed by atoms with Gasteiger partial charge in [-0.3, -0.25) is 0 Å². The Labute approximate surface area is 55.1 Å². The van der Waals surface area contributed by atoms with E-state index in [0.717, 1.165) is 6.42 Å². The zero-order valence-electron chi connectivity index (χ0n) is 5.83. The Morgan fingerprint density at radius 2 is 2.44 bits per heavy atom. The van der Waals surface area contributed by atoms with Crippen LogP contribution in [0, 0.1) is 0 Å². The molecule has 0 atom stereocenters. The molecule has 0 N–H and O–H groups in total. The molecule has 0 aliphatic rings. The Bertz CT molecular complexity index is 196. The van der Waals surface area contributed by atoms with E-state index in [1.165, 1.54) is 5.56 Å². The number of hydrogen-bond acceptors (Lipinski definition) is 1. The predicted octanol–water partition coefficient (Wildman–Crippen LogP) is 0.468. The molecular weight excluding hydrogens is 112 g/mol. The first-order valence-corrected chi connectivity index (χ1v) is 3.13. The van der Waals surface area contributed by atoms with Crippen molar-refractivity contribution in [2.45, 2.75) is 13.3 Å². The molecular formula is C7H11N2+. The van der Waals surface area contributed by atoms with E-state index in [4.69, 9.17) is 0 Å². The molecule has 0 unspecified atom stereocenters. The lowest BCUT2D eigenvalue weighted by molar-refractivity contribution is -0.731. The highest BCUT2D eigenvalue weighted by Gasteiger charge is 1.93. The second kappa shape index (κ2) is 2.58. The van der Waals surface area contributed by atoms with Crippen molar-refractivity contribution in [2.24, 2.45) is 7.05 Å². The summed E-state index contributed by atoms with van der Waals surface area (Å²) in [6.07, 6.45) is 4.93. The summed E-state index contributed by atoms with van der Waals surface area (Å²) >= 11 is 0. The third kappa shape index (κ3) is 1.49. The van der Waals surface area contributed by atoms with Crippen LogP contribution in [0.25, 0.3) is 0 Å². The van der Waals surface area contributed by atoms with Crippen molar-refractivity contribution in [1.29, 1.82) is 0 Å². The van der Waals surface area contributed by atoms with Crippen molar-refractivity contribution < 1.29 is 4.68 Å². The molecule has 0 aliphatic carbocycles. The summed E-state index contributed by atoms with van der Waals surface area (Å²) in [7, 11) is 1.93. The first kappa shape index (κ1) is 6.20. The lowest BCUT2D eigenvalue weighted by atomic mass is 10.2. The van der Waals surface area contributed by atoms with E-state index in [1.807, 2.05) is 30.2 Å². The van der Waals surface area contributed by atoms with Crippen molar-refractivity contribution >= 4 is 0 Å². The largest absolute Gasteiger partial charge is 0.199 e. The summed E-state index contributed by atoms with van der Waals surface area (Å²) in [5.41, 5.74) is 1.33. The molecule has 0 saturated heterocycles. The van der Waals surface area contributed by atoms with Gasteiger partial charge in [-0.25, -0.2) is 0 Å². The van der Waals surface area contributed by atoms with E-state index in [2.05, 4.69) is 12.0 Å². The Kier molecular flexibility index (Phi) is 1.78. The fourth-order valence-electron chi connectivity index (χ4n) is 0.760. The van der Waals surface area contributed by atoms with Crippen LogP contribution >= 0.6 is 0 Å². The van der Waals surface area contributed by atoms with E-state index >= 15 is 0 Å². The third-order valence-electron chi connectivity index (χ3n) is 1.30. The Balaban J connectivity index is 2.94. The van der Waals surface area contributed by atoms with Crippen LogP contribution in [-0.2, 0) is 13.5 Å². The van der Waals surface area contributed by atoms with Crippen molar-refractivity contribution in [3.05, 3.63) is 24.0 Å². The molecule has 0 aromatic carbocycles. The Morgan fingerprint density at radius 1 is 1.67 bits per heavy atom. The molecule has 1 heterocycles. The van der Waals surface area contributed by atoms with Crippen LogP contribution in [0.5, 0.6) is 0 Å². The number of rotatable bonds is 1. The van der Waals surface area contributed by atoms with Gasteiger partial charge in [-0.05, 0) is 17.6 Å². The van der Waals surface area contributed by atoms with Gasteiger partial charge >= 0.3 is 0 Å². The zero-order valence-corrected chi connectivity index (χ0v) is 5.83. The highest BCUT2D eigenvalue weighted by atomic mass is 15.2. The minimum atomic E-state index is 1.08. The lowest BCUT2D eigenvalue weighted by Crippen LogP contribution is -2.32. The Morgan fingerprint density at radius 3 is 2.89 bits per heavy atom. The van der Waals surface area contributed by atoms with Crippen LogP contribution in [0.15, 0.2) is 18.5 Å². The minimum absolute atomic E-state index is 1.08. The highest BCUT2D eigenvalue weighted by Crippen LogP contribution is 1.90. The SMILES string of the molecule is CCc1ccn[n+](C)c1. The molecule has 0 fully saturated rings. The van der Waals surface area contributed by atoms with Gasteiger partial charge in [0.25, 0.3) is 0 Å². The van der Waals surface area contributed by atoms with Crippen LogP contribution < -0.4 is 4.68 Å². The average Bonchev–Trinajstić information content (AvgIpc) is 1.88. The van der Waals surface area contributed by atoms with Gasteiger partial charge in [-0.2, -0.15) is 0 Å². The zero-order chi connectivity index (χ0) is 6.69. The first-order chi connectivity index (χ1) is 4.33. The van der Waals surface area contributed by atoms with Crippen molar-refractivity contribution in [1.82, 2.24) is 5.10 Å². The second-order valence-corrected chi connectivity index (χ2v) is 2.06. The smallest absolute Gasteiger partial charge is 0.0938 e. The molecule has 0 radical (unpaired) electrons. The molecule has 2 heteroatoms.